The number of nitrogens with zero attached hydrogens (tertiary/aromatic N) is 1. The highest BCUT2D eigenvalue weighted by Crippen LogP contribution is 2.34. The van der Waals surface area contributed by atoms with Gasteiger partial charge < -0.3 is 9.47 Å². The van der Waals surface area contributed by atoms with Crippen molar-refractivity contribution in [3.63, 3.8) is 0 Å². The summed E-state index contributed by atoms with van der Waals surface area (Å²) in [4.78, 5) is 14.9. The van der Waals surface area contributed by atoms with E-state index in [-0.39, 0.29) is 12.1 Å². The van der Waals surface area contributed by atoms with Gasteiger partial charge in [-0.3, -0.25) is 10.2 Å². The van der Waals surface area contributed by atoms with Gasteiger partial charge in [0, 0.05) is 32.3 Å². The molecule has 0 radical (unpaired) electrons. The van der Waals surface area contributed by atoms with E-state index < -0.39 is 5.54 Å². The summed E-state index contributed by atoms with van der Waals surface area (Å²) in [5.41, 5.74) is -0.509. The van der Waals surface area contributed by atoms with E-state index in [1.165, 1.54) is 12.8 Å². The molecule has 3 fully saturated rings. The Balaban J connectivity index is 1.61. The molecule has 114 valence electrons. The molecule has 3 aliphatic rings. The van der Waals surface area contributed by atoms with Crippen molar-refractivity contribution in [3.05, 3.63) is 0 Å². The third-order valence-electron chi connectivity index (χ3n) is 4.72. The highest BCUT2D eigenvalue weighted by atomic mass is 16.5. The van der Waals surface area contributed by atoms with Gasteiger partial charge in [0.05, 0.1) is 12.7 Å². The lowest BCUT2D eigenvalue weighted by molar-refractivity contribution is -0.151. The van der Waals surface area contributed by atoms with Crippen molar-refractivity contribution < 1.29 is 14.3 Å². The minimum atomic E-state index is -0.509. The molecule has 3 rings (SSSR count). The number of ether oxygens (including phenoxy) is 2. The van der Waals surface area contributed by atoms with Gasteiger partial charge in [-0.05, 0) is 39.0 Å². The van der Waals surface area contributed by atoms with E-state index in [4.69, 9.17) is 9.47 Å². The van der Waals surface area contributed by atoms with E-state index in [1.807, 2.05) is 6.92 Å². The van der Waals surface area contributed by atoms with Crippen molar-refractivity contribution in [3.8, 4) is 0 Å². The minimum Gasteiger partial charge on any atom is -0.465 e. The fourth-order valence-electron chi connectivity index (χ4n) is 3.36. The maximum Gasteiger partial charge on any atom is 0.327 e. The first-order valence-corrected chi connectivity index (χ1v) is 8.01. The molecule has 2 aliphatic heterocycles. The second-order valence-electron chi connectivity index (χ2n) is 6.27. The Labute approximate surface area is 121 Å². The van der Waals surface area contributed by atoms with Gasteiger partial charge in [-0.2, -0.15) is 0 Å². The largest absolute Gasteiger partial charge is 0.465 e. The van der Waals surface area contributed by atoms with Crippen molar-refractivity contribution in [1.29, 1.82) is 0 Å². The molecule has 0 spiro atoms. The average molecular weight is 282 g/mol. The standard InChI is InChI=1S/C15H26N2O3/c1-2-19-14(18)15(16-10-13-4-3-9-20-13)7-8-17(11-15)12-5-6-12/h12-13,16H,2-11H2,1H3. The van der Waals surface area contributed by atoms with Crippen LogP contribution in [-0.2, 0) is 14.3 Å². The monoisotopic (exact) mass is 282 g/mol. The topological polar surface area (TPSA) is 50.8 Å². The SMILES string of the molecule is CCOC(=O)C1(NCC2CCCO2)CCN(C2CC2)C1. The summed E-state index contributed by atoms with van der Waals surface area (Å²) in [6, 6.07) is 0.704. The molecule has 2 saturated heterocycles. The van der Waals surface area contributed by atoms with Crippen LogP contribution in [0.15, 0.2) is 0 Å². The zero-order valence-corrected chi connectivity index (χ0v) is 12.4. The molecule has 5 nitrogen and oxygen atoms in total. The summed E-state index contributed by atoms with van der Waals surface area (Å²) < 4.78 is 11.0. The third-order valence-corrected chi connectivity index (χ3v) is 4.72. The molecule has 1 saturated carbocycles. The Morgan fingerprint density at radius 3 is 2.95 bits per heavy atom. The lowest BCUT2D eigenvalue weighted by atomic mass is 9.98. The van der Waals surface area contributed by atoms with Gasteiger partial charge in [0.1, 0.15) is 5.54 Å². The fourth-order valence-corrected chi connectivity index (χ4v) is 3.36. The van der Waals surface area contributed by atoms with E-state index in [0.29, 0.717) is 12.6 Å². The number of likely N-dealkylation sites (tertiary alicyclic amines) is 1. The van der Waals surface area contributed by atoms with Gasteiger partial charge in [-0.25, -0.2) is 4.79 Å². The number of carbonyl (C=O) groups is 1. The van der Waals surface area contributed by atoms with Crippen molar-refractivity contribution >= 4 is 5.97 Å². The van der Waals surface area contributed by atoms with Gasteiger partial charge in [-0.15, -0.1) is 0 Å². The quantitative estimate of drug-likeness (QED) is 0.734. The number of carbonyl (C=O) groups excluding carboxylic acids is 1. The number of esters is 1. The minimum absolute atomic E-state index is 0.0823. The first-order valence-electron chi connectivity index (χ1n) is 8.01. The Hall–Kier alpha value is -0.650. The summed E-state index contributed by atoms with van der Waals surface area (Å²) in [6.07, 6.45) is 5.91. The molecule has 5 heteroatoms. The molecular formula is C15H26N2O3. The Morgan fingerprint density at radius 1 is 1.45 bits per heavy atom. The van der Waals surface area contributed by atoms with Crippen LogP contribution in [0.25, 0.3) is 0 Å². The molecule has 1 aliphatic carbocycles. The van der Waals surface area contributed by atoms with Crippen molar-refractivity contribution in [2.24, 2.45) is 0 Å². The van der Waals surface area contributed by atoms with Crippen LogP contribution in [0, 0.1) is 0 Å². The maximum atomic E-state index is 12.4. The molecule has 2 atom stereocenters. The van der Waals surface area contributed by atoms with Crippen LogP contribution < -0.4 is 5.32 Å². The van der Waals surface area contributed by atoms with Crippen LogP contribution in [0.1, 0.15) is 39.0 Å². The predicted molar refractivity (Wildman–Crippen MR) is 75.6 cm³/mol. The predicted octanol–water partition coefficient (Wildman–Crippen LogP) is 0.925. The van der Waals surface area contributed by atoms with Crippen LogP contribution in [0.4, 0.5) is 0 Å². The van der Waals surface area contributed by atoms with E-state index in [1.54, 1.807) is 0 Å². The Morgan fingerprint density at radius 2 is 2.30 bits per heavy atom. The molecule has 0 aromatic carbocycles. The summed E-state index contributed by atoms with van der Waals surface area (Å²) in [7, 11) is 0. The van der Waals surface area contributed by atoms with E-state index in [2.05, 4.69) is 10.2 Å². The lowest BCUT2D eigenvalue weighted by Gasteiger charge is -2.29. The molecule has 20 heavy (non-hydrogen) atoms. The fraction of sp³-hybridized carbons (Fsp3) is 0.933. The molecule has 0 amide bonds. The Bertz CT molecular complexity index is 353. The normalized spacial score (nSPS) is 34.5. The van der Waals surface area contributed by atoms with Crippen molar-refractivity contribution in [2.45, 2.75) is 56.7 Å². The van der Waals surface area contributed by atoms with Gasteiger partial charge in [0.15, 0.2) is 0 Å². The van der Waals surface area contributed by atoms with Gasteiger partial charge in [-0.1, -0.05) is 0 Å². The second-order valence-corrected chi connectivity index (χ2v) is 6.27. The molecule has 0 aromatic heterocycles. The van der Waals surface area contributed by atoms with Gasteiger partial charge >= 0.3 is 5.97 Å². The van der Waals surface area contributed by atoms with Crippen LogP contribution in [0.5, 0.6) is 0 Å². The number of hydrogen-bond donors (Lipinski definition) is 1. The molecule has 0 aromatic rings. The van der Waals surface area contributed by atoms with E-state index >= 15 is 0 Å². The highest BCUT2D eigenvalue weighted by Gasteiger charge is 2.49. The Kier molecular flexibility index (Phi) is 4.29. The van der Waals surface area contributed by atoms with Crippen LogP contribution in [0.2, 0.25) is 0 Å². The highest BCUT2D eigenvalue weighted by molar-refractivity contribution is 5.81. The van der Waals surface area contributed by atoms with Crippen molar-refractivity contribution in [2.75, 3.05) is 32.8 Å². The second kappa shape index (κ2) is 6.00. The molecular weight excluding hydrogens is 256 g/mol. The van der Waals surface area contributed by atoms with Crippen LogP contribution >= 0.6 is 0 Å². The van der Waals surface area contributed by atoms with Crippen LogP contribution in [-0.4, -0.2) is 61.4 Å². The zero-order chi connectivity index (χ0) is 14.0. The summed E-state index contributed by atoms with van der Waals surface area (Å²) >= 11 is 0. The first kappa shape index (κ1) is 14.3. The van der Waals surface area contributed by atoms with Gasteiger partial charge in [0.25, 0.3) is 0 Å². The molecule has 1 N–H and O–H groups in total. The first-order chi connectivity index (χ1) is 9.73. The maximum absolute atomic E-state index is 12.4. The van der Waals surface area contributed by atoms with Gasteiger partial charge in [0.2, 0.25) is 0 Å². The molecule has 2 heterocycles. The average Bonchev–Trinajstić information content (AvgIpc) is 3.01. The van der Waals surface area contributed by atoms with E-state index in [9.17, 15) is 4.79 Å². The molecule has 2 unspecified atom stereocenters. The van der Waals surface area contributed by atoms with E-state index in [0.717, 1.165) is 45.5 Å². The van der Waals surface area contributed by atoms with Crippen LogP contribution in [0.3, 0.4) is 0 Å². The third kappa shape index (κ3) is 3.00. The molecule has 0 bridgehead atoms. The van der Waals surface area contributed by atoms with Crippen molar-refractivity contribution in [1.82, 2.24) is 10.2 Å². The zero-order valence-electron chi connectivity index (χ0n) is 12.4. The lowest BCUT2D eigenvalue weighted by Crippen LogP contribution is -2.56. The summed E-state index contributed by atoms with van der Waals surface area (Å²) in [5.74, 6) is -0.0823. The number of rotatable bonds is 6. The smallest absolute Gasteiger partial charge is 0.327 e. The number of nitrogens with one attached hydrogen (secondary N) is 1. The summed E-state index contributed by atoms with van der Waals surface area (Å²) in [5, 5.41) is 3.49. The summed E-state index contributed by atoms with van der Waals surface area (Å²) in [6.45, 7) is 5.74. The number of hydrogen-bond acceptors (Lipinski definition) is 5.